The number of benzene rings is 3. The fraction of sp³-hybridized carbons (Fsp3) is 0.241. The van der Waals surface area contributed by atoms with Crippen LogP contribution < -0.4 is 10.0 Å². The van der Waals surface area contributed by atoms with Crippen LogP contribution in [-0.4, -0.2) is 56.1 Å². The van der Waals surface area contributed by atoms with Crippen LogP contribution in [0.25, 0.3) is 11.3 Å². The Balaban J connectivity index is 1.18. The van der Waals surface area contributed by atoms with Gasteiger partial charge in [-0.2, -0.15) is 0 Å². The molecule has 8 nitrogen and oxygen atoms in total. The summed E-state index contributed by atoms with van der Waals surface area (Å²) in [5.41, 5.74) is 4.11. The number of nitrogens with zero attached hydrogens (tertiary/aromatic N) is 3. The third kappa shape index (κ3) is 7.17. The molecule has 1 saturated heterocycles. The van der Waals surface area contributed by atoms with Gasteiger partial charge in [0.05, 0.1) is 18.9 Å². The van der Waals surface area contributed by atoms with Crippen molar-refractivity contribution >= 4 is 27.2 Å². The predicted octanol–water partition coefficient (Wildman–Crippen LogP) is 5.09. The van der Waals surface area contributed by atoms with Gasteiger partial charge < -0.3 is 10.1 Å². The number of nitrogens with one attached hydrogen (secondary N) is 2. The first-order valence-corrected chi connectivity index (χ1v) is 14.3. The summed E-state index contributed by atoms with van der Waals surface area (Å²) in [5.74, 6) is -0.199. The molecule has 5 rings (SSSR count). The van der Waals surface area contributed by atoms with E-state index in [4.69, 9.17) is 4.74 Å². The van der Waals surface area contributed by atoms with E-state index in [-0.39, 0.29) is 0 Å². The zero-order chi connectivity index (χ0) is 27.1. The Morgan fingerprint density at radius 3 is 2.36 bits per heavy atom. The summed E-state index contributed by atoms with van der Waals surface area (Å²) in [7, 11) is -4.04. The van der Waals surface area contributed by atoms with Crippen molar-refractivity contribution in [3.05, 3.63) is 96.6 Å². The van der Waals surface area contributed by atoms with Crippen LogP contribution >= 0.6 is 0 Å². The molecule has 3 aromatic carbocycles. The molecule has 0 amide bonds. The highest BCUT2D eigenvalue weighted by Gasteiger charge is 2.18. The number of aryl methyl sites for hydroxylation is 1. The molecule has 1 aliphatic rings. The number of aromatic nitrogens is 2. The third-order valence-electron chi connectivity index (χ3n) is 6.50. The molecule has 1 fully saturated rings. The van der Waals surface area contributed by atoms with Crippen LogP contribution in [0.15, 0.2) is 90.1 Å². The highest BCUT2D eigenvalue weighted by atomic mass is 32.2. The van der Waals surface area contributed by atoms with Crippen molar-refractivity contribution in [3.63, 3.8) is 0 Å². The van der Waals surface area contributed by atoms with Crippen LogP contribution in [0.4, 0.5) is 21.6 Å². The van der Waals surface area contributed by atoms with Gasteiger partial charge in [0, 0.05) is 36.1 Å². The fourth-order valence-corrected chi connectivity index (χ4v) is 5.54. The zero-order valence-corrected chi connectivity index (χ0v) is 22.2. The van der Waals surface area contributed by atoms with Crippen molar-refractivity contribution in [1.29, 1.82) is 0 Å². The van der Waals surface area contributed by atoms with Gasteiger partial charge in [-0.1, -0.05) is 36.4 Å². The maximum atomic E-state index is 13.9. The molecule has 39 heavy (non-hydrogen) atoms. The largest absolute Gasteiger partial charge is 0.379 e. The zero-order valence-electron chi connectivity index (χ0n) is 21.4. The van der Waals surface area contributed by atoms with E-state index in [2.05, 4.69) is 49.2 Å². The maximum absolute atomic E-state index is 13.9. The van der Waals surface area contributed by atoms with Crippen molar-refractivity contribution in [2.75, 3.05) is 42.9 Å². The topological polar surface area (TPSA) is 96.5 Å². The van der Waals surface area contributed by atoms with Crippen molar-refractivity contribution in [2.24, 2.45) is 0 Å². The molecule has 202 valence electrons. The first-order valence-electron chi connectivity index (χ1n) is 12.8. The molecular weight excluding hydrogens is 517 g/mol. The van der Waals surface area contributed by atoms with E-state index in [0.29, 0.717) is 17.2 Å². The summed E-state index contributed by atoms with van der Waals surface area (Å²) < 4.78 is 46.8. The molecule has 0 radical (unpaired) electrons. The third-order valence-corrected chi connectivity index (χ3v) is 7.91. The standard InChI is InChI=1S/C29H30FN5O3S/c30-26-5-1-2-6-28(26)39(36,37)34-25-13-11-24(12-14-25)33-29-20-27(31-21-32-29)23-9-7-22(8-10-23)4-3-15-35-16-18-38-19-17-35/h1-2,5-14,20-21,34H,3-4,15-19H2,(H,31,32,33). The lowest BCUT2D eigenvalue weighted by Crippen LogP contribution is -2.36. The van der Waals surface area contributed by atoms with Crippen LogP contribution in [-0.2, 0) is 21.2 Å². The fourth-order valence-electron chi connectivity index (χ4n) is 4.40. The highest BCUT2D eigenvalue weighted by molar-refractivity contribution is 7.92. The average Bonchev–Trinajstić information content (AvgIpc) is 2.95. The van der Waals surface area contributed by atoms with Gasteiger partial charge in [-0.3, -0.25) is 9.62 Å². The number of anilines is 3. The van der Waals surface area contributed by atoms with E-state index >= 15 is 0 Å². The van der Waals surface area contributed by atoms with E-state index in [1.54, 1.807) is 24.3 Å². The van der Waals surface area contributed by atoms with Gasteiger partial charge in [0.25, 0.3) is 10.0 Å². The minimum Gasteiger partial charge on any atom is -0.379 e. The average molecular weight is 548 g/mol. The lowest BCUT2D eigenvalue weighted by Gasteiger charge is -2.26. The van der Waals surface area contributed by atoms with Crippen molar-refractivity contribution in [2.45, 2.75) is 17.7 Å². The van der Waals surface area contributed by atoms with Crippen LogP contribution in [0.3, 0.4) is 0 Å². The second kappa shape index (κ2) is 12.3. The second-order valence-electron chi connectivity index (χ2n) is 9.28. The molecule has 1 aliphatic heterocycles. The van der Waals surface area contributed by atoms with Gasteiger partial charge in [-0.25, -0.2) is 22.8 Å². The molecule has 2 heterocycles. The first-order chi connectivity index (χ1) is 19.0. The molecular formula is C29H30FN5O3S. The number of sulfonamides is 1. The van der Waals surface area contributed by atoms with E-state index < -0.39 is 20.7 Å². The van der Waals surface area contributed by atoms with E-state index in [9.17, 15) is 12.8 Å². The molecule has 0 spiro atoms. The molecule has 0 saturated carbocycles. The Labute approximate surface area is 227 Å². The highest BCUT2D eigenvalue weighted by Crippen LogP contribution is 2.24. The van der Waals surface area contributed by atoms with Crippen LogP contribution in [0, 0.1) is 5.82 Å². The number of morpholine rings is 1. The molecule has 1 aromatic heterocycles. The van der Waals surface area contributed by atoms with Gasteiger partial charge in [-0.15, -0.1) is 0 Å². The number of hydrogen-bond donors (Lipinski definition) is 2. The number of rotatable bonds is 10. The minimum absolute atomic E-state index is 0.317. The summed E-state index contributed by atoms with van der Waals surface area (Å²) in [6.45, 7) is 4.77. The maximum Gasteiger partial charge on any atom is 0.264 e. The summed E-state index contributed by atoms with van der Waals surface area (Å²) in [4.78, 5) is 10.8. The Morgan fingerprint density at radius 1 is 0.897 bits per heavy atom. The minimum atomic E-state index is -4.04. The van der Waals surface area contributed by atoms with E-state index in [1.165, 1.54) is 30.1 Å². The van der Waals surface area contributed by atoms with Gasteiger partial charge in [-0.05, 0) is 61.3 Å². The molecule has 10 heteroatoms. The van der Waals surface area contributed by atoms with Crippen LogP contribution in [0.2, 0.25) is 0 Å². The summed E-state index contributed by atoms with van der Waals surface area (Å²) in [5, 5.41) is 3.21. The lowest BCUT2D eigenvalue weighted by molar-refractivity contribution is 0.0375. The number of halogens is 1. The Kier molecular flexibility index (Phi) is 8.45. The molecule has 0 aliphatic carbocycles. The monoisotopic (exact) mass is 547 g/mol. The van der Waals surface area contributed by atoms with E-state index in [1.807, 2.05) is 6.07 Å². The molecule has 2 N–H and O–H groups in total. The summed E-state index contributed by atoms with van der Waals surface area (Å²) in [6.07, 6.45) is 3.65. The molecule has 0 bridgehead atoms. The van der Waals surface area contributed by atoms with Crippen LogP contribution in [0.5, 0.6) is 0 Å². The van der Waals surface area contributed by atoms with E-state index in [0.717, 1.165) is 63.0 Å². The van der Waals surface area contributed by atoms with Gasteiger partial charge in [0.1, 0.15) is 22.9 Å². The summed E-state index contributed by atoms with van der Waals surface area (Å²) in [6, 6.07) is 22.2. The Morgan fingerprint density at radius 2 is 1.62 bits per heavy atom. The predicted molar refractivity (Wildman–Crippen MR) is 150 cm³/mol. The smallest absolute Gasteiger partial charge is 0.264 e. The second-order valence-corrected chi connectivity index (χ2v) is 10.9. The summed E-state index contributed by atoms with van der Waals surface area (Å²) >= 11 is 0. The van der Waals surface area contributed by atoms with Gasteiger partial charge in [0.15, 0.2) is 0 Å². The molecule has 0 unspecified atom stereocenters. The van der Waals surface area contributed by atoms with Crippen molar-refractivity contribution in [1.82, 2.24) is 14.9 Å². The lowest BCUT2D eigenvalue weighted by atomic mass is 10.1. The molecule has 0 atom stereocenters. The first kappa shape index (κ1) is 26.7. The van der Waals surface area contributed by atoms with Gasteiger partial charge >= 0.3 is 0 Å². The van der Waals surface area contributed by atoms with Crippen molar-refractivity contribution < 1.29 is 17.5 Å². The van der Waals surface area contributed by atoms with Crippen molar-refractivity contribution in [3.8, 4) is 11.3 Å². The quantitative estimate of drug-likeness (QED) is 0.285. The van der Waals surface area contributed by atoms with Gasteiger partial charge in [0.2, 0.25) is 0 Å². The number of hydrogen-bond acceptors (Lipinski definition) is 7. The molecule has 4 aromatic rings. The Bertz CT molecular complexity index is 1490. The number of ether oxygens (including phenoxy) is 1. The SMILES string of the molecule is O=S(=O)(Nc1ccc(Nc2cc(-c3ccc(CCCN4CCOCC4)cc3)ncn2)cc1)c1ccccc1F. The Hall–Kier alpha value is -3.86. The normalized spacial score (nSPS) is 14.2. The van der Waals surface area contributed by atoms with Crippen LogP contribution in [0.1, 0.15) is 12.0 Å².